The fraction of sp³-hybridized carbons (Fsp3) is 0.296. The number of likely N-dealkylation sites (tertiary alicyclic amines) is 1. The lowest BCUT2D eigenvalue weighted by Crippen LogP contribution is -2.41. The Bertz CT molecular complexity index is 1270. The lowest BCUT2D eigenvalue weighted by molar-refractivity contribution is -0.140. The number of hydrogen-bond acceptors (Lipinski definition) is 4. The summed E-state index contributed by atoms with van der Waals surface area (Å²) in [6, 6.07) is 16.1. The summed E-state index contributed by atoms with van der Waals surface area (Å²) in [5.41, 5.74) is 1.18. The van der Waals surface area contributed by atoms with Gasteiger partial charge in [0.15, 0.2) is 5.78 Å². The number of rotatable bonds is 3. The SMILES string of the molecule is CC1CC(=O)c2c(OC(=O)C3CCN(C(=O)c4cccc5ccccc45)CC3)ccc(F)c21. The van der Waals surface area contributed by atoms with E-state index in [1.54, 1.807) is 11.8 Å². The zero-order valence-electron chi connectivity index (χ0n) is 18.3. The third kappa shape index (κ3) is 3.80. The Hall–Kier alpha value is -3.54. The highest BCUT2D eigenvalue weighted by atomic mass is 19.1. The fourth-order valence-corrected chi connectivity index (χ4v) is 5.00. The highest BCUT2D eigenvalue weighted by Crippen LogP contribution is 2.40. The van der Waals surface area contributed by atoms with Gasteiger partial charge in [-0.15, -0.1) is 0 Å². The molecule has 1 heterocycles. The quantitative estimate of drug-likeness (QED) is 0.414. The van der Waals surface area contributed by atoms with Crippen LogP contribution in [0, 0.1) is 11.7 Å². The van der Waals surface area contributed by atoms with Crippen molar-refractivity contribution in [2.45, 2.75) is 32.1 Å². The van der Waals surface area contributed by atoms with Gasteiger partial charge in [0.1, 0.15) is 11.6 Å². The fourth-order valence-electron chi connectivity index (χ4n) is 5.00. The monoisotopic (exact) mass is 445 g/mol. The molecule has 0 bridgehead atoms. The minimum Gasteiger partial charge on any atom is -0.426 e. The van der Waals surface area contributed by atoms with E-state index in [0.29, 0.717) is 37.1 Å². The van der Waals surface area contributed by atoms with Crippen LogP contribution in [0.2, 0.25) is 0 Å². The predicted octanol–water partition coefficient (Wildman–Crippen LogP) is 5.13. The summed E-state index contributed by atoms with van der Waals surface area (Å²) >= 11 is 0. The highest BCUT2D eigenvalue weighted by Gasteiger charge is 2.35. The summed E-state index contributed by atoms with van der Waals surface area (Å²) < 4.78 is 19.8. The lowest BCUT2D eigenvalue weighted by atomic mass is 9.95. The average Bonchev–Trinajstić information content (AvgIpc) is 3.14. The Morgan fingerprint density at radius 1 is 1.00 bits per heavy atom. The molecule has 3 aromatic rings. The molecule has 1 fully saturated rings. The van der Waals surface area contributed by atoms with Gasteiger partial charge in [0, 0.05) is 30.6 Å². The molecule has 0 N–H and O–H groups in total. The molecule has 2 aliphatic rings. The number of amides is 1. The number of esters is 1. The van der Waals surface area contributed by atoms with Crippen molar-refractivity contribution in [1.29, 1.82) is 0 Å². The zero-order chi connectivity index (χ0) is 23.1. The molecule has 33 heavy (non-hydrogen) atoms. The minimum absolute atomic E-state index is 0.0467. The summed E-state index contributed by atoms with van der Waals surface area (Å²) in [4.78, 5) is 40.1. The molecule has 168 valence electrons. The molecule has 5 nitrogen and oxygen atoms in total. The number of hydrogen-bond donors (Lipinski definition) is 0. The van der Waals surface area contributed by atoms with Crippen LogP contribution in [0.1, 0.15) is 58.4 Å². The number of benzene rings is 3. The molecule has 1 atom stereocenters. The van der Waals surface area contributed by atoms with Crippen molar-refractivity contribution in [3.63, 3.8) is 0 Å². The number of fused-ring (bicyclic) bond motifs is 2. The van der Waals surface area contributed by atoms with E-state index >= 15 is 0 Å². The molecule has 0 radical (unpaired) electrons. The standard InChI is InChI=1S/C27H24FNO4/c1-16-15-22(30)25-23(10-9-21(28)24(16)25)33-27(32)18-11-13-29(14-12-18)26(31)20-8-4-6-17-5-2-3-7-19(17)20/h2-10,16,18H,11-15H2,1H3. The Morgan fingerprint density at radius 3 is 2.52 bits per heavy atom. The Kier molecular flexibility index (Phi) is 5.44. The largest absolute Gasteiger partial charge is 0.426 e. The van der Waals surface area contributed by atoms with E-state index in [4.69, 9.17) is 4.74 Å². The van der Waals surface area contributed by atoms with Crippen molar-refractivity contribution in [3.8, 4) is 5.75 Å². The van der Waals surface area contributed by atoms with E-state index in [-0.39, 0.29) is 41.3 Å². The second-order valence-electron chi connectivity index (χ2n) is 8.88. The molecular formula is C27H24FNO4. The molecule has 1 amide bonds. The molecule has 0 aromatic heterocycles. The molecule has 3 aromatic carbocycles. The molecule has 1 saturated heterocycles. The first-order valence-electron chi connectivity index (χ1n) is 11.3. The van der Waals surface area contributed by atoms with E-state index in [9.17, 15) is 18.8 Å². The predicted molar refractivity (Wildman–Crippen MR) is 122 cm³/mol. The molecule has 5 rings (SSSR count). The molecule has 0 saturated carbocycles. The second kappa shape index (κ2) is 8.43. The third-order valence-corrected chi connectivity index (χ3v) is 6.76. The normalized spacial score (nSPS) is 18.4. The summed E-state index contributed by atoms with van der Waals surface area (Å²) in [5, 5.41) is 1.92. The number of piperidine rings is 1. The first-order valence-corrected chi connectivity index (χ1v) is 11.3. The maximum atomic E-state index is 14.2. The van der Waals surface area contributed by atoms with E-state index in [1.165, 1.54) is 12.1 Å². The Morgan fingerprint density at radius 2 is 1.73 bits per heavy atom. The van der Waals surface area contributed by atoms with Gasteiger partial charge in [0.2, 0.25) is 0 Å². The molecule has 1 unspecified atom stereocenters. The van der Waals surface area contributed by atoms with Gasteiger partial charge in [-0.3, -0.25) is 14.4 Å². The van der Waals surface area contributed by atoms with Crippen LogP contribution in [-0.2, 0) is 4.79 Å². The van der Waals surface area contributed by atoms with E-state index < -0.39 is 11.8 Å². The maximum Gasteiger partial charge on any atom is 0.314 e. The van der Waals surface area contributed by atoms with Crippen molar-refractivity contribution in [3.05, 3.63) is 77.1 Å². The first-order chi connectivity index (χ1) is 15.9. The number of carbonyl (C=O) groups is 3. The summed E-state index contributed by atoms with van der Waals surface area (Å²) in [5.74, 6) is -1.59. The zero-order valence-corrected chi connectivity index (χ0v) is 18.3. The van der Waals surface area contributed by atoms with Crippen molar-refractivity contribution in [2.75, 3.05) is 13.1 Å². The van der Waals surface area contributed by atoms with Crippen LogP contribution in [0.3, 0.4) is 0 Å². The van der Waals surface area contributed by atoms with Gasteiger partial charge in [0.25, 0.3) is 5.91 Å². The van der Waals surface area contributed by atoms with Gasteiger partial charge in [-0.1, -0.05) is 43.3 Å². The topological polar surface area (TPSA) is 63.7 Å². The molecule has 1 aliphatic heterocycles. The van der Waals surface area contributed by atoms with Crippen molar-refractivity contribution >= 4 is 28.4 Å². The maximum absolute atomic E-state index is 14.2. The van der Waals surface area contributed by atoms with E-state index in [0.717, 1.165) is 10.8 Å². The number of Topliss-reactive ketones (excluding diaryl/α,β-unsaturated/α-hetero) is 1. The van der Waals surface area contributed by atoms with Crippen LogP contribution in [0.4, 0.5) is 4.39 Å². The Balaban J connectivity index is 1.27. The summed E-state index contributed by atoms with van der Waals surface area (Å²) in [6.07, 6.45) is 1.17. The van der Waals surface area contributed by atoms with Crippen LogP contribution in [0.5, 0.6) is 5.75 Å². The number of nitrogens with zero attached hydrogens (tertiary/aromatic N) is 1. The van der Waals surface area contributed by atoms with Gasteiger partial charge >= 0.3 is 5.97 Å². The van der Waals surface area contributed by atoms with Crippen LogP contribution in [-0.4, -0.2) is 35.6 Å². The van der Waals surface area contributed by atoms with Crippen molar-refractivity contribution in [2.24, 2.45) is 5.92 Å². The first kappa shape index (κ1) is 21.3. The molecular weight excluding hydrogens is 421 g/mol. The number of halogens is 1. The van der Waals surface area contributed by atoms with E-state index in [2.05, 4.69) is 0 Å². The van der Waals surface area contributed by atoms with Crippen molar-refractivity contribution in [1.82, 2.24) is 4.90 Å². The van der Waals surface area contributed by atoms with Gasteiger partial charge in [-0.05, 0) is 47.7 Å². The van der Waals surface area contributed by atoms with E-state index in [1.807, 2.05) is 42.5 Å². The van der Waals surface area contributed by atoms with Crippen LogP contribution in [0.15, 0.2) is 54.6 Å². The third-order valence-electron chi connectivity index (χ3n) is 6.76. The average molecular weight is 445 g/mol. The number of ketones is 1. The molecule has 1 aliphatic carbocycles. The summed E-state index contributed by atoms with van der Waals surface area (Å²) in [7, 11) is 0. The van der Waals surface area contributed by atoms with Gasteiger partial charge < -0.3 is 9.64 Å². The minimum atomic E-state index is -0.441. The van der Waals surface area contributed by atoms with Gasteiger partial charge in [-0.25, -0.2) is 4.39 Å². The van der Waals surface area contributed by atoms with Gasteiger partial charge in [-0.2, -0.15) is 0 Å². The Labute approximate surface area is 191 Å². The van der Waals surface area contributed by atoms with Crippen LogP contribution >= 0.6 is 0 Å². The molecule has 0 spiro atoms. The van der Waals surface area contributed by atoms with Gasteiger partial charge in [0.05, 0.1) is 11.5 Å². The van der Waals surface area contributed by atoms with Crippen LogP contribution in [0.25, 0.3) is 10.8 Å². The smallest absolute Gasteiger partial charge is 0.314 e. The van der Waals surface area contributed by atoms with Crippen molar-refractivity contribution < 1.29 is 23.5 Å². The molecule has 6 heteroatoms. The summed E-state index contributed by atoms with van der Waals surface area (Å²) in [6.45, 7) is 2.68. The number of carbonyl (C=O) groups excluding carboxylic acids is 3. The number of ether oxygens (including phenoxy) is 1. The second-order valence-corrected chi connectivity index (χ2v) is 8.88. The highest BCUT2D eigenvalue weighted by molar-refractivity contribution is 6.07. The van der Waals surface area contributed by atoms with Crippen LogP contribution < -0.4 is 4.74 Å². The lowest BCUT2D eigenvalue weighted by Gasteiger charge is -2.31.